The maximum atomic E-state index is 12.8. The first kappa shape index (κ1) is 18.5. The zero-order chi connectivity index (χ0) is 18.1. The first-order valence-corrected chi connectivity index (χ1v) is 9.24. The number of likely N-dealkylation sites (N-methyl/N-ethyl adjacent to an activating group) is 1. The maximum Gasteiger partial charge on any atom is 0.246 e. The molecule has 0 aliphatic heterocycles. The van der Waals surface area contributed by atoms with Crippen molar-refractivity contribution in [1.29, 1.82) is 0 Å². The smallest absolute Gasteiger partial charge is 0.246 e. The van der Waals surface area contributed by atoms with E-state index in [1.807, 2.05) is 26.0 Å². The van der Waals surface area contributed by atoms with Gasteiger partial charge in [-0.25, -0.2) is 8.42 Å². The molecule has 0 atom stereocenters. The molecule has 6 nitrogen and oxygen atoms in total. The Morgan fingerprint density at radius 1 is 1.12 bits per heavy atom. The quantitative estimate of drug-likeness (QED) is 0.801. The number of sulfonamides is 1. The molecular weight excluding hydrogens is 326 g/mol. The molecule has 0 radical (unpaired) electrons. The molecule has 2 aromatic rings. The number of rotatable bonds is 6. The van der Waals surface area contributed by atoms with Gasteiger partial charge in [-0.05, 0) is 51.0 Å². The summed E-state index contributed by atoms with van der Waals surface area (Å²) in [5.41, 5.74) is 3.38. The molecule has 0 unspecified atom stereocenters. The first-order chi connectivity index (χ1) is 11.1. The van der Waals surface area contributed by atoms with Crippen LogP contribution < -0.4 is 4.74 Å². The van der Waals surface area contributed by atoms with Gasteiger partial charge in [-0.15, -0.1) is 0 Å². The normalized spacial score (nSPS) is 12.0. The Balaban J connectivity index is 2.07. The van der Waals surface area contributed by atoms with Gasteiger partial charge in [0.1, 0.15) is 17.3 Å². The number of nitrogens with zero attached hydrogens (tertiary/aromatic N) is 3. The van der Waals surface area contributed by atoms with Crippen LogP contribution in [-0.2, 0) is 17.1 Å². The van der Waals surface area contributed by atoms with Gasteiger partial charge >= 0.3 is 0 Å². The third-order valence-electron chi connectivity index (χ3n) is 3.98. The summed E-state index contributed by atoms with van der Waals surface area (Å²) >= 11 is 0. The van der Waals surface area contributed by atoms with Gasteiger partial charge < -0.3 is 4.74 Å². The number of hydrogen-bond acceptors (Lipinski definition) is 4. The molecule has 0 amide bonds. The molecule has 1 aromatic heterocycles. The third kappa shape index (κ3) is 3.79. The van der Waals surface area contributed by atoms with Crippen molar-refractivity contribution >= 4 is 10.0 Å². The van der Waals surface area contributed by atoms with Crippen LogP contribution in [0.25, 0.3) is 0 Å². The highest BCUT2D eigenvalue weighted by Crippen LogP contribution is 2.22. The number of aryl methyl sites for hydroxylation is 4. The third-order valence-corrected chi connectivity index (χ3v) is 6.09. The predicted octanol–water partition coefficient (Wildman–Crippen LogP) is 2.35. The van der Waals surface area contributed by atoms with Gasteiger partial charge in [-0.2, -0.15) is 9.40 Å². The Hall–Kier alpha value is -1.86. The van der Waals surface area contributed by atoms with Crippen molar-refractivity contribution in [1.82, 2.24) is 14.1 Å². The second kappa shape index (κ2) is 6.94. The molecule has 1 aromatic carbocycles. The highest BCUT2D eigenvalue weighted by Gasteiger charge is 2.27. The zero-order valence-electron chi connectivity index (χ0n) is 15.1. The number of aromatic nitrogens is 2. The van der Waals surface area contributed by atoms with Crippen LogP contribution >= 0.6 is 0 Å². The van der Waals surface area contributed by atoms with E-state index in [4.69, 9.17) is 4.74 Å². The van der Waals surface area contributed by atoms with E-state index in [1.165, 1.54) is 4.31 Å². The second-order valence-electron chi connectivity index (χ2n) is 6.12. The van der Waals surface area contributed by atoms with Crippen LogP contribution in [0, 0.1) is 27.7 Å². The minimum Gasteiger partial charge on any atom is -0.492 e. The second-order valence-corrected chi connectivity index (χ2v) is 8.10. The molecule has 0 N–H and O–H groups in total. The molecule has 2 rings (SSSR count). The van der Waals surface area contributed by atoms with Crippen LogP contribution in [0.5, 0.6) is 5.75 Å². The van der Waals surface area contributed by atoms with Crippen molar-refractivity contribution in [2.45, 2.75) is 32.6 Å². The Labute approximate surface area is 144 Å². The van der Waals surface area contributed by atoms with E-state index in [1.54, 1.807) is 32.6 Å². The Bertz CT molecular complexity index is 821. The molecule has 0 saturated carbocycles. The molecule has 132 valence electrons. The van der Waals surface area contributed by atoms with E-state index in [2.05, 4.69) is 11.2 Å². The lowest BCUT2D eigenvalue weighted by atomic mass is 10.1. The van der Waals surface area contributed by atoms with Crippen molar-refractivity contribution in [3.63, 3.8) is 0 Å². The van der Waals surface area contributed by atoms with Crippen molar-refractivity contribution in [2.75, 3.05) is 20.2 Å². The number of hydrogen-bond donors (Lipinski definition) is 0. The molecule has 24 heavy (non-hydrogen) atoms. The van der Waals surface area contributed by atoms with E-state index < -0.39 is 10.0 Å². The molecule has 1 heterocycles. The van der Waals surface area contributed by atoms with E-state index in [-0.39, 0.29) is 18.0 Å². The SMILES string of the molecule is Cc1cc(C)cc(OCCN(C)S(=O)(=O)c2c(C)nn(C)c2C)c1. The van der Waals surface area contributed by atoms with Crippen molar-refractivity contribution in [3.05, 3.63) is 40.7 Å². The first-order valence-electron chi connectivity index (χ1n) is 7.80. The summed E-state index contributed by atoms with van der Waals surface area (Å²) in [6, 6.07) is 5.95. The molecule has 0 spiro atoms. The molecule has 0 fully saturated rings. The highest BCUT2D eigenvalue weighted by molar-refractivity contribution is 7.89. The fourth-order valence-corrected chi connectivity index (χ4v) is 4.26. The molecular formula is C17H25N3O3S. The topological polar surface area (TPSA) is 64.4 Å². The Morgan fingerprint density at radius 2 is 1.71 bits per heavy atom. The van der Waals surface area contributed by atoms with Crippen molar-refractivity contribution < 1.29 is 13.2 Å². The lowest BCUT2D eigenvalue weighted by molar-refractivity contribution is 0.286. The van der Waals surface area contributed by atoms with Crippen LogP contribution in [0.4, 0.5) is 0 Å². The fourth-order valence-electron chi connectivity index (χ4n) is 2.71. The Morgan fingerprint density at radius 3 is 2.21 bits per heavy atom. The molecule has 0 saturated heterocycles. The molecule has 0 aliphatic carbocycles. The average Bonchev–Trinajstić information content (AvgIpc) is 2.71. The summed E-state index contributed by atoms with van der Waals surface area (Å²) < 4.78 is 34.1. The largest absolute Gasteiger partial charge is 0.492 e. The van der Waals surface area contributed by atoms with Gasteiger partial charge in [0.25, 0.3) is 0 Å². The summed E-state index contributed by atoms with van der Waals surface area (Å²) in [7, 11) is -0.278. The minimum absolute atomic E-state index is 0.267. The van der Waals surface area contributed by atoms with Crippen LogP contribution in [0.3, 0.4) is 0 Å². The lowest BCUT2D eigenvalue weighted by Crippen LogP contribution is -2.31. The van der Waals surface area contributed by atoms with Crippen LogP contribution in [-0.4, -0.2) is 42.7 Å². The molecule has 0 bridgehead atoms. The van der Waals surface area contributed by atoms with Gasteiger partial charge in [0.2, 0.25) is 10.0 Å². The Kier molecular flexibility index (Phi) is 5.35. The van der Waals surface area contributed by atoms with Gasteiger partial charge in [-0.3, -0.25) is 4.68 Å². The lowest BCUT2D eigenvalue weighted by Gasteiger charge is -2.18. The highest BCUT2D eigenvalue weighted by atomic mass is 32.2. The number of benzene rings is 1. The fraction of sp³-hybridized carbons (Fsp3) is 0.471. The van der Waals surface area contributed by atoms with Crippen LogP contribution in [0.2, 0.25) is 0 Å². The minimum atomic E-state index is -3.58. The monoisotopic (exact) mass is 351 g/mol. The summed E-state index contributed by atoms with van der Waals surface area (Å²) in [6.07, 6.45) is 0. The molecule has 0 aliphatic rings. The molecule has 7 heteroatoms. The van der Waals surface area contributed by atoms with E-state index in [0.29, 0.717) is 11.4 Å². The predicted molar refractivity (Wildman–Crippen MR) is 93.9 cm³/mol. The van der Waals surface area contributed by atoms with Gasteiger partial charge in [0.05, 0.1) is 11.4 Å². The number of ether oxygens (including phenoxy) is 1. The van der Waals surface area contributed by atoms with E-state index in [0.717, 1.165) is 16.9 Å². The van der Waals surface area contributed by atoms with E-state index in [9.17, 15) is 8.42 Å². The summed E-state index contributed by atoms with van der Waals surface area (Å²) in [6.45, 7) is 8.03. The average molecular weight is 351 g/mol. The van der Waals surface area contributed by atoms with Gasteiger partial charge in [0, 0.05) is 20.6 Å². The van der Waals surface area contributed by atoms with Crippen molar-refractivity contribution in [3.8, 4) is 5.75 Å². The van der Waals surface area contributed by atoms with Gasteiger partial charge in [-0.1, -0.05) is 6.07 Å². The van der Waals surface area contributed by atoms with Crippen molar-refractivity contribution in [2.24, 2.45) is 7.05 Å². The van der Waals surface area contributed by atoms with Gasteiger partial charge in [0.15, 0.2) is 0 Å². The zero-order valence-corrected chi connectivity index (χ0v) is 15.9. The van der Waals surface area contributed by atoms with Crippen LogP contribution in [0.15, 0.2) is 23.1 Å². The van der Waals surface area contributed by atoms with E-state index >= 15 is 0 Å². The standard InChI is InChI=1S/C17H25N3O3S/c1-12-9-13(2)11-16(10-12)23-8-7-19(5)24(21,22)17-14(3)18-20(6)15(17)4/h9-11H,7-8H2,1-6H3. The summed E-state index contributed by atoms with van der Waals surface area (Å²) in [4.78, 5) is 0.277. The maximum absolute atomic E-state index is 12.8. The summed E-state index contributed by atoms with van der Waals surface area (Å²) in [5.74, 6) is 0.757. The summed E-state index contributed by atoms with van der Waals surface area (Å²) in [5, 5.41) is 4.19. The van der Waals surface area contributed by atoms with Crippen LogP contribution in [0.1, 0.15) is 22.5 Å².